The predicted molar refractivity (Wildman–Crippen MR) is 87.7 cm³/mol. The summed E-state index contributed by atoms with van der Waals surface area (Å²) in [6.45, 7) is 9.72. The van der Waals surface area contributed by atoms with E-state index < -0.39 is 58.8 Å². The van der Waals surface area contributed by atoms with E-state index in [1.807, 2.05) is 0 Å². The van der Waals surface area contributed by atoms with E-state index in [4.69, 9.17) is 4.74 Å². The normalized spacial score (nSPS) is 28.2. The van der Waals surface area contributed by atoms with Crippen LogP contribution in [-0.4, -0.2) is 58.1 Å². The van der Waals surface area contributed by atoms with Gasteiger partial charge in [0.25, 0.3) is 5.92 Å². The van der Waals surface area contributed by atoms with Crippen LogP contribution in [0, 0.1) is 17.3 Å². The lowest BCUT2D eigenvalue weighted by molar-refractivity contribution is -0.154. The first-order chi connectivity index (χ1) is 11.6. The van der Waals surface area contributed by atoms with Crippen LogP contribution in [0.2, 0.25) is 0 Å². The quantitative estimate of drug-likeness (QED) is 0.786. The van der Waals surface area contributed by atoms with Crippen molar-refractivity contribution in [2.24, 2.45) is 17.3 Å². The van der Waals surface area contributed by atoms with E-state index in [2.05, 4.69) is 5.32 Å². The van der Waals surface area contributed by atoms with Gasteiger partial charge < -0.3 is 20.1 Å². The van der Waals surface area contributed by atoms with Crippen LogP contribution in [0.3, 0.4) is 0 Å². The number of carboxylic acids is 1. The Morgan fingerprint density at radius 3 is 2.15 bits per heavy atom. The van der Waals surface area contributed by atoms with Gasteiger partial charge in [0.1, 0.15) is 17.7 Å². The van der Waals surface area contributed by atoms with Gasteiger partial charge in [0, 0.05) is 6.54 Å². The minimum Gasteiger partial charge on any atom is -0.480 e. The topological polar surface area (TPSA) is 95.9 Å². The highest BCUT2D eigenvalue weighted by molar-refractivity contribution is 5.91. The Hall–Kier alpha value is -1.93. The van der Waals surface area contributed by atoms with Gasteiger partial charge in [-0.05, 0) is 26.2 Å². The van der Waals surface area contributed by atoms with Crippen molar-refractivity contribution in [1.82, 2.24) is 10.2 Å². The minimum absolute atomic E-state index is 0.337. The minimum atomic E-state index is -3.06. The molecule has 1 heterocycles. The molecule has 0 radical (unpaired) electrons. The summed E-state index contributed by atoms with van der Waals surface area (Å²) in [6, 6.07) is -2.70. The average molecular weight is 376 g/mol. The van der Waals surface area contributed by atoms with Gasteiger partial charge in [-0.3, -0.25) is 4.79 Å². The van der Waals surface area contributed by atoms with Gasteiger partial charge in [0.05, 0.1) is 11.8 Å². The van der Waals surface area contributed by atoms with Crippen LogP contribution >= 0.6 is 0 Å². The number of alkyl carbamates (subject to hydrolysis) is 1. The van der Waals surface area contributed by atoms with Crippen LogP contribution < -0.4 is 5.32 Å². The molecule has 4 atom stereocenters. The number of halogens is 2. The molecule has 0 spiro atoms. The van der Waals surface area contributed by atoms with Gasteiger partial charge in [0.2, 0.25) is 5.91 Å². The monoisotopic (exact) mass is 376 g/mol. The zero-order chi connectivity index (χ0) is 20.2. The molecule has 1 saturated carbocycles. The molecule has 2 fully saturated rings. The summed E-state index contributed by atoms with van der Waals surface area (Å²) in [5.41, 5.74) is -1.55. The molecule has 0 aromatic rings. The number of fused-ring (bicyclic) bond motifs is 1. The second-order valence-corrected chi connectivity index (χ2v) is 9.03. The van der Waals surface area contributed by atoms with Crippen LogP contribution in [0.25, 0.3) is 0 Å². The van der Waals surface area contributed by atoms with Crippen molar-refractivity contribution < 1.29 is 33.0 Å². The average Bonchev–Trinajstić information content (AvgIpc) is 2.81. The van der Waals surface area contributed by atoms with Crippen molar-refractivity contribution in [3.63, 3.8) is 0 Å². The molecule has 26 heavy (non-hydrogen) atoms. The van der Waals surface area contributed by atoms with Crippen molar-refractivity contribution in [2.45, 2.75) is 65.1 Å². The Kier molecular flexibility index (Phi) is 4.75. The molecule has 1 aliphatic carbocycles. The van der Waals surface area contributed by atoms with Crippen LogP contribution in [-0.2, 0) is 14.3 Å². The van der Waals surface area contributed by atoms with E-state index in [1.54, 1.807) is 41.5 Å². The molecule has 2 N–H and O–H groups in total. The van der Waals surface area contributed by atoms with Crippen LogP contribution in [0.15, 0.2) is 0 Å². The molecule has 2 amide bonds. The summed E-state index contributed by atoms with van der Waals surface area (Å²) in [5, 5.41) is 11.8. The molecule has 148 valence electrons. The molecule has 1 aliphatic heterocycles. The number of ether oxygens (including phenoxy) is 1. The number of nitrogens with zero attached hydrogens (tertiary/aromatic N) is 1. The number of likely N-dealkylation sites (tertiary alicyclic amines) is 1. The first-order valence-electron chi connectivity index (χ1n) is 8.48. The SMILES string of the molecule is CC(C)(C)OC(=O)N[C@H](C(=O)N1C[C@H]2C([C@H]1C(=O)O)C2(F)F)C(C)(C)C. The fourth-order valence-corrected chi connectivity index (χ4v) is 3.36. The van der Waals surface area contributed by atoms with E-state index >= 15 is 0 Å². The third-order valence-corrected chi connectivity index (χ3v) is 4.64. The van der Waals surface area contributed by atoms with E-state index in [-0.39, 0.29) is 6.54 Å². The standard InChI is InChI=1S/C17H26F2N2O5/c1-15(2,3)11(20-14(25)26-16(4,5)6)12(22)21-7-8-9(17(8,18)19)10(21)13(23)24/h8-11H,7H2,1-6H3,(H,20,25)(H,23,24)/t8-,9?,10-,11+/m0/s1. The molecule has 2 aliphatic rings. The number of aliphatic carboxylic acids is 1. The molecular formula is C17H26F2N2O5. The lowest BCUT2D eigenvalue weighted by Gasteiger charge is -2.36. The smallest absolute Gasteiger partial charge is 0.408 e. The molecule has 0 aromatic heterocycles. The number of carboxylic acid groups (broad SMARTS) is 1. The van der Waals surface area contributed by atoms with Crippen molar-refractivity contribution in [1.29, 1.82) is 0 Å². The van der Waals surface area contributed by atoms with E-state index in [0.717, 1.165) is 4.90 Å². The second kappa shape index (κ2) is 6.06. The molecule has 0 bridgehead atoms. The summed E-state index contributed by atoms with van der Waals surface area (Å²) < 4.78 is 32.4. The highest BCUT2D eigenvalue weighted by atomic mass is 19.3. The number of carbonyl (C=O) groups is 3. The zero-order valence-electron chi connectivity index (χ0n) is 15.8. The molecule has 9 heteroatoms. The van der Waals surface area contributed by atoms with Crippen molar-refractivity contribution in [3.05, 3.63) is 0 Å². The highest BCUT2D eigenvalue weighted by Crippen LogP contribution is 2.62. The fraction of sp³-hybridized carbons (Fsp3) is 0.824. The molecule has 0 aromatic carbocycles. The Bertz CT molecular complexity index is 624. The molecule has 1 saturated heterocycles. The number of piperidine rings is 1. The maximum Gasteiger partial charge on any atom is 0.408 e. The summed E-state index contributed by atoms with van der Waals surface area (Å²) in [5.74, 6) is -7.73. The zero-order valence-corrected chi connectivity index (χ0v) is 15.8. The van der Waals surface area contributed by atoms with Gasteiger partial charge >= 0.3 is 12.1 Å². The molecule has 1 unspecified atom stereocenters. The second-order valence-electron chi connectivity index (χ2n) is 9.03. The Balaban J connectivity index is 2.20. The Morgan fingerprint density at radius 2 is 1.73 bits per heavy atom. The van der Waals surface area contributed by atoms with Gasteiger partial charge in [-0.1, -0.05) is 20.8 Å². The Morgan fingerprint density at radius 1 is 1.19 bits per heavy atom. The predicted octanol–water partition coefficient (Wildman–Crippen LogP) is 2.10. The summed E-state index contributed by atoms with van der Waals surface area (Å²) in [7, 11) is 0. The summed E-state index contributed by atoms with van der Waals surface area (Å²) >= 11 is 0. The Labute approximate surface area is 151 Å². The molecule has 2 rings (SSSR count). The van der Waals surface area contributed by atoms with E-state index in [9.17, 15) is 28.3 Å². The van der Waals surface area contributed by atoms with E-state index in [1.165, 1.54) is 0 Å². The fourth-order valence-electron chi connectivity index (χ4n) is 3.36. The number of carbonyl (C=O) groups excluding carboxylic acids is 2. The molecular weight excluding hydrogens is 350 g/mol. The van der Waals surface area contributed by atoms with Gasteiger partial charge in [0.15, 0.2) is 0 Å². The van der Waals surface area contributed by atoms with Crippen LogP contribution in [0.4, 0.5) is 13.6 Å². The number of alkyl halides is 2. The third-order valence-electron chi connectivity index (χ3n) is 4.64. The van der Waals surface area contributed by atoms with Crippen LogP contribution in [0.1, 0.15) is 41.5 Å². The third kappa shape index (κ3) is 3.76. The van der Waals surface area contributed by atoms with E-state index in [0.29, 0.717) is 0 Å². The lowest BCUT2D eigenvalue weighted by Crippen LogP contribution is -2.58. The maximum atomic E-state index is 13.6. The number of amides is 2. The maximum absolute atomic E-state index is 13.6. The number of nitrogens with one attached hydrogen (secondary N) is 1. The first-order valence-corrected chi connectivity index (χ1v) is 8.48. The number of rotatable bonds is 3. The van der Waals surface area contributed by atoms with Gasteiger partial charge in [-0.15, -0.1) is 0 Å². The highest BCUT2D eigenvalue weighted by Gasteiger charge is 2.78. The van der Waals surface area contributed by atoms with Crippen molar-refractivity contribution in [3.8, 4) is 0 Å². The first kappa shape index (κ1) is 20.4. The largest absolute Gasteiger partial charge is 0.480 e. The summed E-state index contributed by atoms with van der Waals surface area (Å²) in [6.07, 6.45) is -0.827. The van der Waals surface area contributed by atoms with Crippen LogP contribution in [0.5, 0.6) is 0 Å². The molecule has 7 nitrogen and oxygen atoms in total. The lowest BCUT2D eigenvalue weighted by atomic mass is 9.85. The number of hydrogen-bond acceptors (Lipinski definition) is 4. The summed E-state index contributed by atoms with van der Waals surface area (Å²) in [4.78, 5) is 37.4. The van der Waals surface area contributed by atoms with Gasteiger partial charge in [-0.25, -0.2) is 18.4 Å². The van der Waals surface area contributed by atoms with Crippen molar-refractivity contribution >= 4 is 18.0 Å². The number of hydrogen-bond donors (Lipinski definition) is 2. The van der Waals surface area contributed by atoms with Gasteiger partial charge in [-0.2, -0.15) is 0 Å². The van der Waals surface area contributed by atoms with Crippen molar-refractivity contribution in [2.75, 3.05) is 6.54 Å².